The van der Waals surface area contributed by atoms with E-state index in [1.807, 2.05) is 12.1 Å². The first kappa shape index (κ1) is 15.9. The van der Waals surface area contributed by atoms with Crippen LogP contribution in [0.25, 0.3) is 10.9 Å². The van der Waals surface area contributed by atoms with E-state index < -0.39 is 5.41 Å². The van der Waals surface area contributed by atoms with Crippen LogP contribution in [0.4, 0.5) is 5.69 Å². The van der Waals surface area contributed by atoms with Crippen molar-refractivity contribution in [1.29, 1.82) is 0 Å². The number of benzene rings is 2. The number of hydrogen-bond donors (Lipinski definition) is 2. The van der Waals surface area contributed by atoms with E-state index in [0.717, 1.165) is 37.8 Å². The van der Waals surface area contributed by atoms with Crippen LogP contribution >= 0.6 is 22.6 Å². The number of hydrogen-bond acceptors (Lipinski definition) is 4. The molecule has 7 heteroatoms. The Morgan fingerprint density at radius 3 is 2.73 bits per heavy atom. The minimum Gasteiger partial charge on any atom is -0.493 e. The van der Waals surface area contributed by atoms with Gasteiger partial charge in [-0.2, -0.15) is 5.10 Å². The molecule has 2 heterocycles. The summed E-state index contributed by atoms with van der Waals surface area (Å²) >= 11 is 2.24. The van der Waals surface area contributed by atoms with Gasteiger partial charge >= 0.3 is 0 Å². The molecule has 1 amide bonds. The summed E-state index contributed by atoms with van der Waals surface area (Å²) in [6, 6.07) is 10.0. The molecule has 5 rings (SSSR count). The van der Waals surface area contributed by atoms with E-state index in [9.17, 15) is 4.79 Å². The first-order valence-electron chi connectivity index (χ1n) is 8.30. The molecule has 1 spiro atoms. The molecule has 2 aliphatic rings. The number of ether oxygens (including phenoxy) is 2. The molecule has 1 aromatic heterocycles. The fourth-order valence-corrected chi connectivity index (χ4v) is 4.71. The lowest BCUT2D eigenvalue weighted by Crippen LogP contribution is -2.21. The zero-order valence-corrected chi connectivity index (χ0v) is 16.4. The predicted octanol–water partition coefficient (Wildman–Crippen LogP) is 3.56. The third-order valence-corrected chi connectivity index (χ3v) is 6.38. The first-order chi connectivity index (χ1) is 12.6. The molecule has 3 aromatic rings. The van der Waals surface area contributed by atoms with E-state index in [4.69, 9.17) is 9.47 Å². The number of H-pyrrole nitrogens is 1. The van der Waals surface area contributed by atoms with E-state index in [1.54, 1.807) is 14.2 Å². The quantitative estimate of drug-likeness (QED) is 0.585. The summed E-state index contributed by atoms with van der Waals surface area (Å²) in [5.41, 5.74) is 3.34. The lowest BCUT2D eigenvalue weighted by molar-refractivity contribution is -0.118. The number of anilines is 1. The van der Waals surface area contributed by atoms with Gasteiger partial charge < -0.3 is 14.8 Å². The Morgan fingerprint density at radius 2 is 1.96 bits per heavy atom. The molecule has 0 radical (unpaired) electrons. The Morgan fingerprint density at radius 1 is 1.19 bits per heavy atom. The van der Waals surface area contributed by atoms with E-state index >= 15 is 0 Å². The average molecular weight is 461 g/mol. The molecule has 132 valence electrons. The topological polar surface area (TPSA) is 76.2 Å². The molecule has 1 aliphatic heterocycles. The average Bonchev–Trinajstić information content (AvgIpc) is 3.23. The summed E-state index contributed by atoms with van der Waals surface area (Å²) in [6.45, 7) is 0. The summed E-state index contributed by atoms with van der Waals surface area (Å²) in [6.07, 6.45) is 0.786. The monoisotopic (exact) mass is 461 g/mol. The Hall–Kier alpha value is -2.29. The van der Waals surface area contributed by atoms with Gasteiger partial charge in [0.25, 0.3) is 0 Å². The van der Waals surface area contributed by atoms with Crippen LogP contribution in [0.3, 0.4) is 0 Å². The van der Waals surface area contributed by atoms with Crippen molar-refractivity contribution in [2.45, 2.75) is 17.8 Å². The molecule has 6 nitrogen and oxygen atoms in total. The predicted molar refractivity (Wildman–Crippen MR) is 106 cm³/mol. The fraction of sp³-hybridized carbons (Fsp3) is 0.263. The Labute approximate surface area is 163 Å². The summed E-state index contributed by atoms with van der Waals surface area (Å²) in [7, 11) is 3.20. The lowest BCUT2D eigenvalue weighted by Gasteiger charge is -2.12. The molecule has 1 saturated carbocycles. The van der Waals surface area contributed by atoms with Gasteiger partial charge in [0.1, 0.15) is 3.70 Å². The molecule has 26 heavy (non-hydrogen) atoms. The SMILES string of the molecule is COc1cc2c(cc1OC)[C@]1(C[C@H]1c1ccc3c(I)[nH]nc3c1)C(=O)N2. The molecule has 1 fully saturated rings. The second kappa shape index (κ2) is 5.35. The highest BCUT2D eigenvalue weighted by Gasteiger charge is 2.65. The normalized spacial score (nSPS) is 23.2. The number of rotatable bonds is 3. The number of fused-ring (bicyclic) bond motifs is 3. The number of carbonyl (C=O) groups excluding carboxylic acids is 1. The maximum atomic E-state index is 12.9. The van der Waals surface area contributed by atoms with Gasteiger partial charge in [-0.15, -0.1) is 0 Å². The molecular formula is C19H16IN3O3. The Balaban J connectivity index is 1.60. The van der Waals surface area contributed by atoms with E-state index in [2.05, 4.69) is 56.3 Å². The van der Waals surface area contributed by atoms with Gasteiger partial charge in [0.2, 0.25) is 5.91 Å². The molecule has 0 bridgehead atoms. The van der Waals surface area contributed by atoms with Crippen LogP contribution in [-0.4, -0.2) is 30.3 Å². The molecule has 0 unspecified atom stereocenters. The summed E-state index contributed by atoms with van der Waals surface area (Å²) in [5.74, 6) is 1.45. The van der Waals surface area contributed by atoms with Crippen molar-refractivity contribution in [3.63, 3.8) is 0 Å². The highest BCUT2D eigenvalue weighted by atomic mass is 127. The maximum Gasteiger partial charge on any atom is 0.235 e. The van der Waals surface area contributed by atoms with Crippen LogP contribution < -0.4 is 14.8 Å². The largest absolute Gasteiger partial charge is 0.493 e. The van der Waals surface area contributed by atoms with Crippen molar-refractivity contribution < 1.29 is 14.3 Å². The molecule has 1 aliphatic carbocycles. The van der Waals surface area contributed by atoms with Crippen LogP contribution in [0.15, 0.2) is 30.3 Å². The molecular weight excluding hydrogens is 445 g/mol. The molecule has 0 saturated heterocycles. The molecule has 2 aromatic carbocycles. The van der Waals surface area contributed by atoms with Gasteiger partial charge in [-0.3, -0.25) is 9.89 Å². The summed E-state index contributed by atoms with van der Waals surface area (Å²) in [5, 5.41) is 11.5. The second-order valence-corrected chi connectivity index (χ2v) is 7.83. The maximum absolute atomic E-state index is 12.9. The van der Waals surface area contributed by atoms with E-state index in [0.29, 0.717) is 11.5 Å². The minimum absolute atomic E-state index is 0.0458. The van der Waals surface area contributed by atoms with Crippen LogP contribution in [-0.2, 0) is 10.2 Å². The van der Waals surface area contributed by atoms with E-state index in [-0.39, 0.29) is 11.8 Å². The molecule has 2 N–H and O–H groups in total. The van der Waals surface area contributed by atoms with Crippen molar-refractivity contribution in [3.8, 4) is 11.5 Å². The van der Waals surface area contributed by atoms with Crippen LogP contribution in [0.1, 0.15) is 23.5 Å². The van der Waals surface area contributed by atoms with Crippen molar-refractivity contribution >= 4 is 45.1 Å². The highest BCUT2D eigenvalue weighted by Crippen LogP contribution is 2.66. The number of carbonyl (C=O) groups is 1. The summed E-state index contributed by atoms with van der Waals surface area (Å²) < 4.78 is 11.8. The van der Waals surface area contributed by atoms with Crippen LogP contribution in [0, 0.1) is 3.70 Å². The Kier molecular flexibility index (Phi) is 3.28. The number of amides is 1. The molecule has 2 atom stereocenters. The van der Waals surface area contributed by atoms with Gasteiger partial charge in [-0.1, -0.05) is 6.07 Å². The second-order valence-electron chi connectivity index (χ2n) is 6.75. The van der Waals surface area contributed by atoms with Gasteiger partial charge in [0.05, 0.1) is 25.2 Å². The van der Waals surface area contributed by atoms with Gasteiger partial charge in [-0.25, -0.2) is 0 Å². The van der Waals surface area contributed by atoms with Crippen molar-refractivity contribution in [2.75, 3.05) is 19.5 Å². The van der Waals surface area contributed by atoms with E-state index in [1.165, 1.54) is 0 Å². The minimum atomic E-state index is -0.522. The number of halogens is 1. The third kappa shape index (κ3) is 1.97. The first-order valence-corrected chi connectivity index (χ1v) is 9.38. The number of methoxy groups -OCH3 is 2. The smallest absolute Gasteiger partial charge is 0.235 e. The zero-order chi connectivity index (χ0) is 18.1. The summed E-state index contributed by atoms with van der Waals surface area (Å²) in [4.78, 5) is 12.9. The highest BCUT2D eigenvalue weighted by molar-refractivity contribution is 14.1. The van der Waals surface area contributed by atoms with Gasteiger partial charge in [0.15, 0.2) is 11.5 Å². The van der Waals surface area contributed by atoms with Crippen molar-refractivity contribution in [2.24, 2.45) is 0 Å². The van der Waals surface area contributed by atoms with Crippen LogP contribution in [0.2, 0.25) is 0 Å². The lowest BCUT2D eigenvalue weighted by atomic mass is 9.91. The van der Waals surface area contributed by atoms with Crippen LogP contribution in [0.5, 0.6) is 11.5 Å². The number of nitrogens with one attached hydrogen (secondary N) is 2. The fourth-order valence-electron chi connectivity index (χ4n) is 4.13. The van der Waals surface area contributed by atoms with Crippen molar-refractivity contribution in [1.82, 2.24) is 10.2 Å². The zero-order valence-electron chi connectivity index (χ0n) is 14.2. The number of aromatic amines is 1. The van der Waals surface area contributed by atoms with Gasteiger partial charge in [-0.05, 0) is 58.3 Å². The van der Waals surface area contributed by atoms with Gasteiger partial charge in [0, 0.05) is 23.1 Å². The number of nitrogens with zero attached hydrogens (tertiary/aromatic N) is 1. The van der Waals surface area contributed by atoms with Crippen molar-refractivity contribution in [3.05, 3.63) is 45.2 Å². The standard InChI is InChI=1S/C19H16IN3O3/c1-25-15-6-11-14(7-16(15)26-2)21-18(24)19(11)8-12(19)9-3-4-10-13(5-9)22-23-17(10)20/h3-7,12H,8H2,1-2H3,(H,21,24)(H,22,23)/t12-,19-/m0/s1. The Bertz CT molecular complexity index is 1080. The third-order valence-electron chi connectivity index (χ3n) is 5.55. The number of aromatic nitrogens is 2.